The largest absolute Gasteiger partial charge is 0.344 e. The molecule has 126 valence electrons. The van der Waals surface area contributed by atoms with Crippen LogP contribution < -0.4 is 10.6 Å². The van der Waals surface area contributed by atoms with E-state index in [2.05, 4.69) is 20.5 Å². The van der Waals surface area contributed by atoms with Gasteiger partial charge in [0.05, 0.1) is 5.69 Å². The van der Waals surface area contributed by atoms with E-state index in [1.807, 2.05) is 5.38 Å². The van der Waals surface area contributed by atoms with Crippen LogP contribution in [0.1, 0.15) is 50.6 Å². The number of hydrogen-bond donors (Lipinski definition) is 2. The van der Waals surface area contributed by atoms with E-state index in [9.17, 15) is 9.59 Å². The Bertz CT molecular complexity index is 554. The highest BCUT2D eigenvalue weighted by molar-refractivity contribution is 7.13. The van der Waals surface area contributed by atoms with Crippen molar-refractivity contribution in [1.29, 1.82) is 0 Å². The predicted octanol–water partition coefficient (Wildman–Crippen LogP) is 2.13. The maximum Gasteiger partial charge on any atom is 0.248 e. The van der Waals surface area contributed by atoms with Gasteiger partial charge in [-0.2, -0.15) is 0 Å². The molecule has 2 fully saturated rings. The number of likely N-dealkylation sites (tertiary alicyclic amines) is 1. The summed E-state index contributed by atoms with van der Waals surface area (Å²) in [5.74, 6) is -0.188. The Kier molecular flexibility index (Phi) is 5.61. The first-order chi connectivity index (χ1) is 11.2. The highest BCUT2D eigenvalue weighted by atomic mass is 32.1. The Morgan fingerprint density at radius 3 is 2.96 bits per heavy atom. The van der Waals surface area contributed by atoms with Gasteiger partial charge in [0.2, 0.25) is 11.8 Å². The van der Waals surface area contributed by atoms with Gasteiger partial charge in [-0.3, -0.25) is 14.5 Å². The van der Waals surface area contributed by atoms with Crippen LogP contribution in [0.25, 0.3) is 0 Å². The van der Waals surface area contributed by atoms with E-state index in [-0.39, 0.29) is 11.8 Å². The summed E-state index contributed by atoms with van der Waals surface area (Å²) in [5, 5.41) is 8.28. The minimum Gasteiger partial charge on any atom is -0.344 e. The summed E-state index contributed by atoms with van der Waals surface area (Å²) >= 11 is 1.45. The number of piperidine rings is 1. The number of carbonyl (C=O) groups excluding carboxylic acids is 2. The van der Waals surface area contributed by atoms with Crippen LogP contribution in [0.3, 0.4) is 0 Å². The molecule has 2 N–H and O–H groups in total. The van der Waals surface area contributed by atoms with E-state index in [0.717, 1.165) is 38.2 Å². The normalized spacial score (nSPS) is 23.1. The van der Waals surface area contributed by atoms with E-state index in [1.165, 1.54) is 30.6 Å². The molecule has 0 bridgehead atoms. The van der Waals surface area contributed by atoms with Crippen LogP contribution in [-0.2, 0) is 16.1 Å². The van der Waals surface area contributed by atoms with Crippen LogP contribution >= 0.6 is 11.3 Å². The van der Waals surface area contributed by atoms with Crippen molar-refractivity contribution >= 4 is 28.3 Å². The first-order valence-electron chi connectivity index (χ1n) is 8.48. The molecule has 1 aromatic rings. The van der Waals surface area contributed by atoms with Crippen molar-refractivity contribution in [1.82, 2.24) is 15.2 Å². The summed E-state index contributed by atoms with van der Waals surface area (Å²) in [5.41, 5.74) is 1.01. The molecule has 2 aliphatic rings. The van der Waals surface area contributed by atoms with Crippen molar-refractivity contribution in [3.63, 3.8) is 0 Å². The summed E-state index contributed by atoms with van der Waals surface area (Å²) in [6.07, 6.45) is 6.80. The molecule has 2 saturated heterocycles. The zero-order valence-electron chi connectivity index (χ0n) is 13.3. The number of amides is 2. The first kappa shape index (κ1) is 16.4. The number of rotatable bonds is 4. The molecule has 1 unspecified atom stereocenters. The third-order valence-corrected chi connectivity index (χ3v) is 5.22. The molecule has 0 aromatic carbocycles. The summed E-state index contributed by atoms with van der Waals surface area (Å²) in [4.78, 5) is 30.8. The number of aromatic nitrogens is 1. The average molecular weight is 336 g/mol. The molecule has 0 spiro atoms. The van der Waals surface area contributed by atoms with Crippen LogP contribution in [0.4, 0.5) is 5.13 Å². The Morgan fingerprint density at radius 1 is 1.30 bits per heavy atom. The highest BCUT2D eigenvalue weighted by Crippen LogP contribution is 2.20. The molecule has 1 atom stereocenters. The summed E-state index contributed by atoms with van der Waals surface area (Å²) in [6.45, 7) is 3.12. The number of anilines is 1. The number of thiazole rings is 1. The third kappa shape index (κ3) is 4.75. The average Bonchev–Trinajstić information content (AvgIpc) is 2.85. The second-order valence-electron chi connectivity index (χ2n) is 6.34. The van der Waals surface area contributed by atoms with Crippen LogP contribution in [0.5, 0.6) is 0 Å². The van der Waals surface area contributed by atoms with Gasteiger partial charge in [-0.25, -0.2) is 4.98 Å². The van der Waals surface area contributed by atoms with Gasteiger partial charge in [0.1, 0.15) is 6.04 Å². The van der Waals surface area contributed by atoms with Crippen LogP contribution in [0, 0.1) is 0 Å². The Labute approximate surface area is 140 Å². The van der Waals surface area contributed by atoms with Gasteiger partial charge in [0, 0.05) is 18.3 Å². The smallest absolute Gasteiger partial charge is 0.248 e. The van der Waals surface area contributed by atoms with Crippen molar-refractivity contribution in [2.75, 3.05) is 18.4 Å². The van der Waals surface area contributed by atoms with Crippen molar-refractivity contribution in [2.24, 2.45) is 0 Å². The summed E-state index contributed by atoms with van der Waals surface area (Å²) < 4.78 is 0. The lowest BCUT2D eigenvalue weighted by atomic mass is 10.1. The lowest BCUT2D eigenvalue weighted by Crippen LogP contribution is -2.42. The van der Waals surface area contributed by atoms with E-state index >= 15 is 0 Å². The van der Waals surface area contributed by atoms with Gasteiger partial charge in [-0.15, -0.1) is 11.3 Å². The standard InChI is InChI=1S/C16H24N4O2S/c21-14-7-3-2-6-13(18-14)15(22)19-16-17-12(11-23-16)10-20-8-4-1-5-9-20/h11,13H,1-10H2,(H,18,21)(H,17,19,22). The molecule has 3 rings (SSSR count). The van der Waals surface area contributed by atoms with Gasteiger partial charge in [0.25, 0.3) is 0 Å². The van der Waals surface area contributed by atoms with Gasteiger partial charge >= 0.3 is 0 Å². The Hall–Kier alpha value is -1.47. The van der Waals surface area contributed by atoms with Crippen LogP contribution in [-0.4, -0.2) is 40.8 Å². The maximum atomic E-state index is 12.3. The van der Waals surface area contributed by atoms with Gasteiger partial charge < -0.3 is 10.6 Å². The quantitative estimate of drug-likeness (QED) is 0.883. The molecule has 0 saturated carbocycles. The molecule has 3 heterocycles. The molecule has 6 nitrogen and oxygen atoms in total. The monoisotopic (exact) mass is 336 g/mol. The number of carbonyl (C=O) groups is 2. The molecule has 2 aliphatic heterocycles. The second kappa shape index (κ2) is 7.88. The van der Waals surface area contributed by atoms with Gasteiger partial charge in [-0.1, -0.05) is 12.8 Å². The molecule has 0 radical (unpaired) electrons. The minimum atomic E-state index is -0.431. The molecular formula is C16H24N4O2S. The number of hydrogen-bond acceptors (Lipinski definition) is 5. The zero-order chi connectivity index (χ0) is 16.1. The van der Waals surface area contributed by atoms with Crippen molar-refractivity contribution < 1.29 is 9.59 Å². The molecule has 1 aromatic heterocycles. The molecule has 0 aliphatic carbocycles. The van der Waals surface area contributed by atoms with E-state index in [4.69, 9.17) is 0 Å². The summed E-state index contributed by atoms with van der Waals surface area (Å²) in [7, 11) is 0. The van der Waals surface area contributed by atoms with Crippen LogP contribution in [0.15, 0.2) is 5.38 Å². The molecule has 2 amide bonds. The lowest BCUT2D eigenvalue weighted by molar-refractivity contribution is -0.125. The topological polar surface area (TPSA) is 74.3 Å². The van der Waals surface area contributed by atoms with Crippen molar-refractivity contribution in [2.45, 2.75) is 57.5 Å². The Balaban J connectivity index is 1.53. The lowest BCUT2D eigenvalue weighted by Gasteiger charge is -2.25. The Morgan fingerprint density at radius 2 is 2.13 bits per heavy atom. The van der Waals surface area contributed by atoms with Gasteiger partial charge in [-0.05, 0) is 38.8 Å². The highest BCUT2D eigenvalue weighted by Gasteiger charge is 2.23. The molecule has 23 heavy (non-hydrogen) atoms. The maximum absolute atomic E-state index is 12.3. The fraction of sp³-hybridized carbons (Fsp3) is 0.688. The molecule has 7 heteroatoms. The third-order valence-electron chi connectivity index (χ3n) is 4.41. The number of nitrogens with zero attached hydrogens (tertiary/aromatic N) is 2. The zero-order valence-corrected chi connectivity index (χ0v) is 14.2. The van der Waals surface area contributed by atoms with E-state index in [1.54, 1.807) is 0 Å². The molecular weight excluding hydrogens is 312 g/mol. The summed E-state index contributed by atoms with van der Waals surface area (Å²) in [6, 6.07) is -0.431. The minimum absolute atomic E-state index is 0.0347. The number of nitrogens with one attached hydrogen (secondary N) is 2. The first-order valence-corrected chi connectivity index (χ1v) is 9.36. The second-order valence-corrected chi connectivity index (χ2v) is 7.19. The fourth-order valence-corrected chi connectivity index (χ4v) is 3.85. The van der Waals surface area contributed by atoms with Crippen molar-refractivity contribution in [3.8, 4) is 0 Å². The van der Waals surface area contributed by atoms with E-state index in [0.29, 0.717) is 18.0 Å². The van der Waals surface area contributed by atoms with Crippen molar-refractivity contribution in [3.05, 3.63) is 11.1 Å². The predicted molar refractivity (Wildman–Crippen MR) is 90.3 cm³/mol. The fourth-order valence-electron chi connectivity index (χ4n) is 3.15. The van der Waals surface area contributed by atoms with E-state index < -0.39 is 6.04 Å². The SMILES string of the molecule is O=C1CCCCC(C(=O)Nc2nc(CN3CCCCC3)cs2)N1. The van der Waals surface area contributed by atoms with Crippen LogP contribution in [0.2, 0.25) is 0 Å². The van der Waals surface area contributed by atoms with Gasteiger partial charge in [0.15, 0.2) is 5.13 Å².